The summed E-state index contributed by atoms with van der Waals surface area (Å²) in [6.07, 6.45) is 1.05. The average Bonchev–Trinajstić information content (AvgIpc) is 2.66. The third kappa shape index (κ3) is 3.56. The van der Waals surface area contributed by atoms with Crippen LogP contribution in [0.5, 0.6) is 0 Å². The predicted molar refractivity (Wildman–Crippen MR) is 77.9 cm³/mol. The van der Waals surface area contributed by atoms with Crippen LogP contribution >= 0.6 is 0 Å². The van der Waals surface area contributed by atoms with Gasteiger partial charge in [-0.25, -0.2) is 9.97 Å². The molecule has 0 radical (unpaired) electrons. The van der Waals surface area contributed by atoms with Crippen LogP contribution in [0.2, 0.25) is 0 Å². The number of ether oxygens (including phenoxy) is 1. The molecule has 2 rings (SSSR count). The largest absolute Gasteiger partial charge is 0.380 e. The van der Waals surface area contributed by atoms with Gasteiger partial charge in [0.15, 0.2) is 0 Å². The number of nitrogens with zero attached hydrogens (tertiary/aromatic N) is 3. The molecule has 0 aliphatic carbocycles. The molecule has 2 heterocycles. The van der Waals surface area contributed by atoms with E-state index in [1.54, 1.807) is 0 Å². The standard InChI is InChI=1S/C14H24N4O/c1-14(2,3)13-16-11(15-4)10-12(17-13)18-6-5-8-19-9-7-18/h10H,5-9H2,1-4H3,(H,15,16,17). The van der Waals surface area contributed by atoms with Crippen molar-refractivity contribution >= 4 is 11.6 Å². The molecule has 0 saturated carbocycles. The summed E-state index contributed by atoms with van der Waals surface area (Å²) in [4.78, 5) is 11.6. The van der Waals surface area contributed by atoms with Crippen molar-refractivity contribution in [3.05, 3.63) is 11.9 Å². The van der Waals surface area contributed by atoms with Crippen LogP contribution in [-0.2, 0) is 10.2 Å². The number of rotatable bonds is 2. The maximum Gasteiger partial charge on any atom is 0.138 e. The molecule has 0 spiro atoms. The van der Waals surface area contributed by atoms with Crippen molar-refractivity contribution in [2.24, 2.45) is 0 Å². The minimum absolute atomic E-state index is 0.0516. The van der Waals surface area contributed by atoms with Gasteiger partial charge in [-0.15, -0.1) is 0 Å². The Bertz CT molecular complexity index is 420. The highest BCUT2D eigenvalue weighted by Gasteiger charge is 2.21. The number of hydrogen-bond donors (Lipinski definition) is 1. The van der Waals surface area contributed by atoms with Crippen molar-refractivity contribution in [3.8, 4) is 0 Å². The molecule has 1 fully saturated rings. The highest BCUT2D eigenvalue weighted by molar-refractivity contribution is 5.49. The van der Waals surface area contributed by atoms with Gasteiger partial charge in [-0.05, 0) is 6.42 Å². The first-order valence-electron chi connectivity index (χ1n) is 6.91. The van der Waals surface area contributed by atoms with Crippen LogP contribution in [0, 0.1) is 0 Å². The maximum atomic E-state index is 5.50. The summed E-state index contributed by atoms with van der Waals surface area (Å²) in [7, 11) is 1.89. The van der Waals surface area contributed by atoms with Crippen molar-refractivity contribution in [2.75, 3.05) is 43.6 Å². The number of nitrogens with one attached hydrogen (secondary N) is 1. The van der Waals surface area contributed by atoms with E-state index in [-0.39, 0.29) is 5.41 Å². The zero-order chi connectivity index (χ0) is 13.9. The second-order valence-electron chi connectivity index (χ2n) is 5.89. The van der Waals surface area contributed by atoms with Crippen molar-refractivity contribution in [1.29, 1.82) is 0 Å². The normalized spacial score (nSPS) is 17.2. The van der Waals surface area contributed by atoms with Gasteiger partial charge in [0.2, 0.25) is 0 Å². The molecule has 5 nitrogen and oxygen atoms in total. The first kappa shape index (κ1) is 14.1. The molecule has 1 saturated heterocycles. The van der Waals surface area contributed by atoms with Gasteiger partial charge in [0.1, 0.15) is 17.5 Å². The second kappa shape index (κ2) is 5.74. The fourth-order valence-corrected chi connectivity index (χ4v) is 2.04. The second-order valence-corrected chi connectivity index (χ2v) is 5.89. The summed E-state index contributed by atoms with van der Waals surface area (Å²) in [5.41, 5.74) is -0.0516. The molecule has 1 N–H and O–H groups in total. The van der Waals surface area contributed by atoms with E-state index in [1.807, 2.05) is 13.1 Å². The molecular formula is C14H24N4O. The lowest BCUT2D eigenvalue weighted by atomic mass is 9.96. The van der Waals surface area contributed by atoms with Crippen LogP contribution in [0.3, 0.4) is 0 Å². The molecule has 1 aliphatic rings. The maximum absolute atomic E-state index is 5.50. The van der Waals surface area contributed by atoms with Gasteiger partial charge in [-0.3, -0.25) is 0 Å². The molecule has 19 heavy (non-hydrogen) atoms. The monoisotopic (exact) mass is 264 g/mol. The van der Waals surface area contributed by atoms with Gasteiger partial charge in [0.25, 0.3) is 0 Å². The lowest BCUT2D eigenvalue weighted by molar-refractivity contribution is 0.152. The van der Waals surface area contributed by atoms with E-state index in [1.165, 1.54) is 0 Å². The number of hydrogen-bond acceptors (Lipinski definition) is 5. The zero-order valence-electron chi connectivity index (χ0n) is 12.4. The Hall–Kier alpha value is -1.36. The van der Waals surface area contributed by atoms with Crippen molar-refractivity contribution in [1.82, 2.24) is 9.97 Å². The number of aromatic nitrogens is 2. The quantitative estimate of drug-likeness (QED) is 0.886. The van der Waals surface area contributed by atoms with Crippen LogP contribution in [-0.4, -0.2) is 43.3 Å². The van der Waals surface area contributed by atoms with E-state index >= 15 is 0 Å². The molecule has 1 aliphatic heterocycles. The van der Waals surface area contributed by atoms with Gasteiger partial charge in [0.05, 0.1) is 6.61 Å². The van der Waals surface area contributed by atoms with Crippen LogP contribution in [0.4, 0.5) is 11.6 Å². The van der Waals surface area contributed by atoms with Crippen LogP contribution in [0.25, 0.3) is 0 Å². The molecular weight excluding hydrogens is 240 g/mol. The molecule has 0 unspecified atom stereocenters. The predicted octanol–water partition coefficient (Wildman–Crippen LogP) is 2.04. The topological polar surface area (TPSA) is 50.3 Å². The Morgan fingerprint density at radius 3 is 2.68 bits per heavy atom. The molecule has 106 valence electrons. The molecule has 0 atom stereocenters. The van der Waals surface area contributed by atoms with E-state index in [9.17, 15) is 0 Å². The zero-order valence-corrected chi connectivity index (χ0v) is 12.4. The highest BCUT2D eigenvalue weighted by atomic mass is 16.5. The summed E-state index contributed by atoms with van der Waals surface area (Å²) in [5, 5.41) is 3.13. The summed E-state index contributed by atoms with van der Waals surface area (Å²) in [6, 6.07) is 2.01. The third-order valence-electron chi connectivity index (χ3n) is 3.19. The number of anilines is 2. The Morgan fingerprint density at radius 2 is 2.00 bits per heavy atom. The SMILES string of the molecule is CNc1cc(N2CCCOCC2)nc(C(C)(C)C)n1. The van der Waals surface area contributed by atoms with Crippen LogP contribution in [0.15, 0.2) is 6.07 Å². The molecule has 5 heteroatoms. The van der Waals surface area contributed by atoms with Gasteiger partial charge in [0, 0.05) is 38.2 Å². The average molecular weight is 264 g/mol. The Balaban J connectivity index is 2.33. The summed E-state index contributed by atoms with van der Waals surface area (Å²) < 4.78 is 5.50. The van der Waals surface area contributed by atoms with E-state index in [2.05, 4.69) is 36.0 Å². The minimum atomic E-state index is -0.0516. The van der Waals surface area contributed by atoms with Crippen molar-refractivity contribution < 1.29 is 4.74 Å². The summed E-state index contributed by atoms with van der Waals surface area (Å²) >= 11 is 0. The summed E-state index contributed by atoms with van der Waals surface area (Å²) in [5.74, 6) is 2.74. The van der Waals surface area contributed by atoms with Crippen LogP contribution < -0.4 is 10.2 Å². The van der Waals surface area contributed by atoms with E-state index in [0.29, 0.717) is 0 Å². The first-order chi connectivity index (χ1) is 9.00. The molecule has 1 aromatic rings. The lowest BCUT2D eigenvalue weighted by Gasteiger charge is -2.24. The Kier molecular flexibility index (Phi) is 4.24. The molecule has 0 bridgehead atoms. The lowest BCUT2D eigenvalue weighted by Crippen LogP contribution is -2.28. The van der Waals surface area contributed by atoms with Crippen molar-refractivity contribution in [2.45, 2.75) is 32.6 Å². The summed E-state index contributed by atoms with van der Waals surface area (Å²) in [6.45, 7) is 9.90. The Morgan fingerprint density at radius 1 is 1.21 bits per heavy atom. The molecule has 0 amide bonds. The first-order valence-corrected chi connectivity index (χ1v) is 6.91. The van der Waals surface area contributed by atoms with Crippen molar-refractivity contribution in [3.63, 3.8) is 0 Å². The van der Waals surface area contributed by atoms with Gasteiger partial charge < -0.3 is 15.0 Å². The molecule has 1 aromatic heterocycles. The van der Waals surface area contributed by atoms with E-state index in [4.69, 9.17) is 9.72 Å². The van der Waals surface area contributed by atoms with Gasteiger partial charge >= 0.3 is 0 Å². The fourth-order valence-electron chi connectivity index (χ4n) is 2.04. The fraction of sp³-hybridized carbons (Fsp3) is 0.714. The highest BCUT2D eigenvalue weighted by Crippen LogP contribution is 2.24. The van der Waals surface area contributed by atoms with Crippen LogP contribution in [0.1, 0.15) is 33.0 Å². The Labute approximate surface area is 115 Å². The van der Waals surface area contributed by atoms with E-state index in [0.717, 1.165) is 50.2 Å². The van der Waals surface area contributed by atoms with E-state index < -0.39 is 0 Å². The molecule has 0 aromatic carbocycles. The van der Waals surface area contributed by atoms with Gasteiger partial charge in [-0.2, -0.15) is 0 Å². The third-order valence-corrected chi connectivity index (χ3v) is 3.19. The minimum Gasteiger partial charge on any atom is -0.380 e. The smallest absolute Gasteiger partial charge is 0.138 e. The van der Waals surface area contributed by atoms with Gasteiger partial charge in [-0.1, -0.05) is 20.8 Å².